The molecule has 0 radical (unpaired) electrons. The van der Waals surface area contributed by atoms with Crippen LogP contribution in [0.1, 0.15) is 176 Å². The summed E-state index contributed by atoms with van der Waals surface area (Å²) < 4.78 is 117. The number of hydrogen-bond acceptors (Lipinski definition) is 26. The van der Waals surface area contributed by atoms with Gasteiger partial charge in [-0.2, -0.15) is 0 Å². The zero-order valence-corrected chi connectivity index (χ0v) is 84.7. The molecular weight excluding hydrogens is 1740 g/mol. The molecule has 0 bridgehead atoms. The van der Waals surface area contributed by atoms with E-state index in [0.717, 1.165) is 195 Å². The average Bonchev–Trinajstić information content (AvgIpc) is 0.755. The van der Waals surface area contributed by atoms with E-state index in [2.05, 4.69) is 162 Å². The monoisotopic (exact) mass is 1880 g/mol. The van der Waals surface area contributed by atoms with Gasteiger partial charge < -0.3 is 99.5 Å². The minimum absolute atomic E-state index is 0.267. The van der Waals surface area contributed by atoms with Gasteiger partial charge in [-0.1, -0.05) is 24.3 Å². The van der Waals surface area contributed by atoms with Gasteiger partial charge in [0, 0.05) is 121 Å². The molecule has 10 aliphatic heterocycles. The molecule has 0 saturated carbocycles. The van der Waals surface area contributed by atoms with Crippen molar-refractivity contribution >= 4 is 0 Å². The maximum Gasteiger partial charge on any atom is 0.203 e. The minimum atomic E-state index is 0.267. The summed E-state index contributed by atoms with van der Waals surface area (Å²) >= 11 is 0. The smallest absolute Gasteiger partial charge is 0.203 e. The molecule has 0 fully saturated rings. The topological polar surface area (TPSA) is 210 Å². The Labute approximate surface area is 808 Å². The van der Waals surface area contributed by atoms with E-state index in [1.165, 1.54) is 111 Å². The second kappa shape index (κ2) is 42.0. The first-order valence-corrected chi connectivity index (χ1v) is 47.2. The molecule has 0 saturated heterocycles. The van der Waals surface area contributed by atoms with Crippen molar-refractivity contribution in [2.24, 2.45) is 0 Å². The maximum absolute atomic E-state index is 5.76. The second-order valence-electron chi connectivity index (χ2n) is 36.8. The fraction of sp³-hybridized carbons (Fsp3) is 0.459. The van der Waals surface area contributed by atoms with E-state index in [-0.39, 0.29) is 6.04 Å². The molecule has 137 heavy (non-hydrogen) atoms. The lowest BCUT2D eigenvalue weighted by molar-refractivity contribution is 0.103. The molecule has 10 aromatic rings. The van der Waals surface area contributed by atoms with Crippen LogP contribution in [0.5, 0.6) is 121 Å². The van der Waals surface area contributed by atoms with Gasteiger partial charge >= 0.3 is 0 Å². The van der Waals surface area contributed by atoms with Crippen molar-refractivity contribution in [1.29, 1.82) is 0 Å². The minimum Gasteiger partial charge on any atom is -0.497 e. The van der Waals surface area contributed by atoms with Crippen LogP contribution in [0.2, 0.25) is 0 Å². The molecule has 10 heterocycles. The Morgan fingerprint density at radius 1 is 0.168 bits per heavy atom. The third-order valence-corrected chi connectivity index (χ3v) is 30.2. The molecular formula is C111H137N5O21. The second-order valence-corrected chi connectivity index (χ2v) is 36.8. The highest BCUT2D eigenvalue weighted by molar-refractivity contribution is 5.66. The highest BCUT2D eigenvalue weighted by Crippen LogP contribution is 2.57. The first kappa shape index (κ1) is 97.9. The average molecular weight is 1880 g/mol. The third-order valence-electron chi connectivity index (χ3n) is 30.2. The molecule has 26 heteroatoms. The molecule has 10 atom stereocenters. The van der Waals surface area contributed by atoms with Crippen LogP contribution in [-0.4, -0.2) is 204 Å². The number of ether oxygens (including phenoxy) is 21. The summed E-state index contributed by atoms with van der Waals surface area (Å²) in [5.41, 5.74) is 26.1. The SMILES string of the molecule is COc1cc2c(cc1OC)[C@@H]1Cc3cc(OC)c(OC)c(OC)c3CN1[C@H](C)C2.COc1cc2c(cc1OC)[C@@H]1Cc3ccc(OC)c(OC)c3CN1[C@@H](C)C2.COc1cc2c(cc1OC)[C@@H]1Cc3ccc(OC)c(OC)c3CN1[C@H](C)C2.COc1ccc2c(c1)C[C@@H](C)N1Cc3c(cc(OC)c(OC)c3OC)C[C@@H]21.COc1ccc2c(c1)C[C@H](C)N1Cc3c(cc(OC)c(OC)c3OC)C[C@@H]21. The van der Waals surface area contributed by atoms with Crippen molar-refractivity contribution < 1.29 is 99.5 Å². The predicted molar refractivity (Wildman–Crippen MR) is 528 cm³/mol. The van der Waals surface area contributed by atoms with Crippen molar-refractivity contribution in [3.8, 4) is 121 Å². The van der Waals surface area contributed by atoms with Crippen molar-refractivity contribution in [3.63, 3.8) is 0 Å². The highest BCUT2D eigenvalue weighted by Gasteiger charge is 2.46. The molecule has 10 aromatic carbocycles. The van der Waals surface area contributed by atoms with Gasteiger partial charge in [-0.15, -0.1) is 0 Å². The van der Waals surface area contributed by atoms with E-state index in [0.29, 0.717) is 77.4 Å². The molecule has 0 aliphatic carbocycles. The zero-order chi connectivity index (χ0) is 97.2. The number of benzene rings is 10. The fourth-order valence-electron chi connectivity index (χ4n) is 23.4. The van der Waals surface area contributed by atoms with Gasteiger partial charge in [0.1, 0.15) is 11.5 Å². The van der Waals surface area contributed by atoms with Crippen molar-refractivity contribution in [3.05, 3.63) is 227 Å². The molecule has 0 amide bonds. The van der Waals surface area contributed by atoms with E-state index >= 15 is 0 Å². The normalized spacial score (nSPS) is 20.8. The van der Waals surface area contributed by atoms with Gasteiger partial charge in [0.25, 0.3) is 0 Å². The number of nitrogens with zero attached hydrogens (tertiary/aromatic N) is 5. The number of fused-ring (bicyclic) bond motifs is 20. The van der Waals surface area contributed by atoms with E-state index in [9.17, 15) is 0 Å². The zero-order valence-electron chi connectivity index (χ0n) is 84.7. The summed E-state index contributed by atoms with van der Waals surface area (Å²) in [6, 6.07) is 44.3. The van der Waals surface area contributed by atoms with E-state index in [1.54, 1.807) is 149 Å². The molecule has 0 spiro atoms. The Morgan fingerprint density at radius 2 is 0.380 bits per heavy atom. The van der Waals surface area contributed by atoms with Gasteiger partial charge in [0.05, 0.1) is 149 Å². The standard InChI is InChI=1S/C23H29NO5.4C22H27NO4/c1-13-7-14-9-19(25-2)20(26-3)11-16(14)18-8-15-10-21(27-4)23(29-6)22(28-5)17(15)12-24(13)18;2*1-13-8-14-9-16(24-2)6-7-17(14)19-10-15-11-20(25-3)22(27-5)21(26-4)18(15)12-23(13)19;2*1-13-8-15-10-20(25-3)21(26-4)11-16(15)18-9-14-6-7-19(24-2)22(27-5)17(14)12-23(13)18/h9-11,13,18H,7-8,12H2,1-6H3;2*6-7,9,11,13,19H,8,10,12H2,1-5H3;2*6-7,10-11,13,18H,8-9,12H2,1-5H3/t13-,18+;13-,19+;13-,19-;13-,18+;13-,18-/m11010/s1. The lowest BCUT2D eigenvalue weighted by Gasteiger charge is -2.46. The first-order chi connectivity index (χ1) is 66.5. The van der Waals surface area contributed by atoms with Crippen LogP contribution in [0.3, 0.4) is 0 Å². The number of rotatable bonds is 21. The largest absolute Gasteiger partial charge is 0.497 e. The Balaban J connectivity index is 0.000000124. The van der Waals surface area contributed by atoms with Crippen LogP contribution >= 0.6 is 0 Å². The number of hydrogen-bond donors (Lipinski definition) is 0. The summed E-state index contributed by atoms with van der Waals surface area (Å²) in [4.78, 5) is 12.8. The van der Waals surface area contributed by atoms with Crippen LogP contribution in [0.25, 0.3) is 0 Å². The Hall–Kier alpha value is -12.2. The third kappa shape index (κ3) is 18.2. The molecule has 0 unspecified atom stereocenters. The van der Waals surface area contributed by atoms with Gasteiger partial charge in [-0.3, -0.25) is 24.5 Å². The maximum atomic E-state index is 5.76. The number of methoxy groups -OCH3 is 21. The summed E-state index contributed by atoms with van der Waals surface area (Å²) in [5.74, 6) is 16.4. The van der Waals surface area contributed by atoms with Gasteiger partial charge in [0.2, 0.25) is 17.2 Å². The van der Waals surface area contributed by atoms with Crippen LogP contribution in [-0.2, 0) is 96.9 Å². The van der Waals surface area contributed by atoms with Crippen LogP contribution in [0.4, 0.5) is 0 Å². The van der Waals surface area contributed by atoms with Gasteiger partial charge in [0.15, 0.2) is 92.0 Å². The summed E-state index contributed by atoms with van der Waals surface area (Å²) in [6.07, 6.45) is 9.62. The van der Waals surface area contributed by atoms with E-state index < -0.39 is 0 Å². The van der Waals surface area contributed by atoms with E-state index in [4.69, 9.17) is 99.5 Å². The van der Waals surface area contributed by atoms with Crippen LogP contribution in [0, 0.1) is 0 Å². The Kier molecular flexibility index (Phi) is 30.0. The van der Waals surface area contributed by atoms with Crippen molar-refractivity contribution in [2.75, 3.05) is 149 Å². The Bertz CT molecular complexity index is 5770. The first-order valence-electron chi connectivity index (χ1n) is 47.2. The summed E-state index contributed by atoms with van der Waals surface area (Å²) in [7, 11) is 35.5. The van der Waals surface area contributed by atoms with Crippen LogP contribution < -0.4 is 99.5 Å². The highest BCUT2D eigenvalue weighted by atomic mass is 16.6. The fourth-order valence-corrected chi connectivity index (χ4v) is 23.4. The lowest BCUT2D eigenvalue weighted by Crippen LogP contribution is -2.45. The van der Waals surface area contributed by atoms with Gasteiger partial charge in [-0.25, -0.2) is 0 Å². The van der Waals surface area contributed by atoms with Gasteiger partial charge in [-0.05, 0) is 273 Å². The molecule has 0 N–H and O–H groups in total. The molecule has 0 aromatic heterocycles. The predicted octanol–water partition coefficient (Wildman–Crippen LogP) is 18.8. The molecule has 10 aliphatic rings. The molecule has 20 rings (SSSR count). The van der Waals surface area contributed by atoms with Crippen LogP contribution in [0.15, 0.2) is 115 Å². The van der Waals surface area contributed by atoms with Crippen molar-refractivity contribution in [1.82, 2.24) is 24.5 Å². The van der Waals surface area contributed by atoms with Crippen molar-refractivity contribution in [2.45, 2.75) is 192 Å². The molecule has 732 valence electrons. The lowest BCUT2D eigenvalue weighted by atomic mass is 9.81. The Morgan fingerprint density at radius 3 is 0.613 bits per heavy atom. The quantitative estimate of drug-likeness (QED) is 0.0654. The van der Waals surface area contributed by atoms with E-state index in [1.807, 2.05) is 12.1 Å². The molecule has 26 nitrogen and oxygen atoms in total. The summed E-state index contributed by atoms with van der Waals surface area (Å²) in [6.45, 7) is 15.7. The summed E-state index contributed by atoms with van der Waals surface area (Å²) in [5, 5.41) is 0.